The molecule has 2 aromatic rings. The number of nitrogens with two attached hydrogens (primary N) is 1. The van der Waals surface area contributed by atoms with Crippen LogP contribution in [0, 0.1) is 0 Å². The van der Waals surface area contributed by atoms with Gasteiger partial charge in [-0.1, -0.05) is 68.4 Å². The molecule has 3 N–H and O–H groups in total. The lowest BCUT2D eigenvalue weighted by Crippen LogP contribution is -2.44. The van der Waals surface area contributed by atoms with Gasteiger partial charge < -0.3 is 11.1 Å². The molecule has 1 saturated heterocycles. The van der Waals surface area contributed by atoms with E-state index in [4.69, 9.17) is 5.73 Å². The summed E-state index contributed by atoms with van der Waals surface area (Å²) in [6.45, 7) is 6.85. The zero-order valence-electron chi connectivity index (χ0n) is 13.8. The number of piperidine rings is 1. The monoisotopic (exact) mass is 296 g/mol. The van der Waals surface area contributed by atoms with E-state index in [0.29, 0.717) is 0 Å². The maximum absolute atomic E-state index is 6.13. The first-order chi connectivity index (χ1) is 10.8. The molecule has 22 heavy (non-hydrogen) atoms. The van der Waals surface area contributed by atoms with Crippen molar-refractivity contribution < 1.29 is 0 Å². The van der Waals surface area contributed by atoms with Gasteiger partial charge in [0.05, 0.1) is 0 Å². The van der Waals surface area contributed by atoms with Crippen molar-refractivity contribution in [3.05, 3.63) is 60.2 Å². The van der Waals surface area contributed by atoms with Crippen LogP contribution in [0.4, 0.5) is 0 Å². The minimum Gasteiger partial charge on any atom is -0.330 e. The van der Waals surface area contributed by atoms with Crippen molar-refractivity contribution in [3.63, 3.8) is 0 Å². The first-order valence-electron chi connectivity index (χ1n) is 8.41. The van der Waals surface area contributed by atoms with Crippen LogP contribution in [0.5, 0.6) is 0 Å². The summed E-state index contributed by atoms with van der Waals surface area (Å²) in [5, 5.41) is 3.43. The fourth-order valence-electron chi connectivity index (χ4n) is 3.18. The van der Waals surface area contributed by atoms with Gasteiger partial charge in [-0.05, 0) is 42.6 Å². The molecule has 0 amide bonds. The van der Waals surface area contributed by atoms with Crippen molar-refractivity contribution in [2.45, 2.75) is 32.1 Å². The number of nitrogens with one attached hydrogen (secondary N) is 1. The van der Waals surface area contributed by atoms with Crippen LogP contribution in [0.25, 0.3) is 11.1 Å². The second-order valence-electron chi connectivity index (χ2n) is 5.68. The summed E-state index contributed by atoms with van der Waals surface area (Å²) in [5.41, 5.74) is 10.2. The summed E-state index contributed by atoms with van der Waals surface area (Å²) in [7, 11) is 0. The minimum absolute atomic E-state index is 0.149. The lowest BCUT2D eigenvalue weighted by Gasteiger charge is -2.37. The molecular weight excluding hydrogens is 268 g/mol. The lowest BCUT2D eigenvalue weighted by atomic mass is 9.73. The zero-order chi connectivity index (χ0) is 15.8. The molecule has 0 radical (unpaired) electrons. The van der Waals surface area contributed by atoms with Crippen LogP contribution >= 0.6 is 0 Å². The summed E-state index contributed by atoms with van der Waals surface area (Å²) >= 11 is 0. The van der Waals surface area contributed by atoms with Gasteiger partial charge in [-0.15, -0.1) is 0 Å². The van der Waals surface area contributed by atoms with E-state index < -0.39 is 0 Å². The van der Waals surface area contributed by atoms with Crippen molar-refractivity contribution >= 4 is 0 Å². The molecule has 0 saturated carbocycles. The normalized spacial score (nSPS) is 16.5. The van der Waals surface area contributed by atoms with Gasteiger partial charge in [0.2, 0.25) is 0 Å². The zero-order valence-corrected chi connectivity index (χ0v) is 13.8. The number of benzene rings is 2. The first-order valence-corrected chi connectivity index (χ1v) is 8.41. The Bertz CT molecular complexity index is 557. The summed E-state index contributed by atoms with van der Waals surface area (Å²) in [6.07, 6.45) is 2.25. The molecule has 118 valence electrons. The molecule has 1 aliphatic heterocycles. The molecule has 3 rings (SSSR count). The van der Waals surface area contributed by atoms with Gasteiger partial charge in [0.15, 0.2) is 0 Å². The van der Waals surface area contributed by atoms with Crippen molar-refractivity contribution in [1.82, 2.24) is 5.32 Å². The second-order valence-corrected chi connectivity index (χ2v) is 5.68. The highest BCUT2D eigenvalue weighted by Gasteiger charge is 2.32. The van der Waals surface area contributed by atoms with Gasteiger partial charge in [0.25, 0.3) is 0 Å². The second kappa shape index (κ2) is 8.11. The third kappa shape index (κ3) is 3.57. The van der Waals surface area contributed by atoms with Gasteiger partial charge in [0, 0.05) is 12.0 Å². The highest BCUT2D eigenvalue weighted by molar-refractivity contribution is 5.64. The molecule has 0 aromatic heterocycles. The molecule has 2 aromatic carbocycles. The minimum atomic E-state index is 0.149. The van der Waals surface area contributed by atoms with E-state index in [9.17, 15) is 0 Å². The molecule has 1 heterocycles. The van der Waals surface area contributed by atoms with Crippen LogP contribution < -0.4 is 11.1 Å². The number of hydrogen-bond donors (Lipinski definition) is 2. The van der Waals surface area contributed by atoms with E-state index >= 15 is 0 Å². The van der Waals surface area contributed by atoms with Crippen molar-refractivity contribution in [3.8, 4) is 11.1 Å². The van der Waals surface area contributed by atoms with E-state index in [-0.39, 0.29) is 5.41 Å². The van der Waals surface area contributed by atoms with Gasteiger partial charge >= 0.3 is 0 Å². The Morgan fingerprint density at radius 1 is 0.909 bits per heavy atom. The van der Waals surface area contributed by atoms with Crippen LogP contribution in [0.2, 0.25) is 0 Å². The van der Waals surface area contributed by atoms with Gasteiger partial charge in [-0.2, -0.15) is 0 Å². The quantitative estimate of drug-likeness (QED) is 0.899. The molecule has 2 heteroatoms. The summed E-state index contributed by atoms with van der Waals surface area (Å²) in [4.78, 5) is 0. The van der Waals surface area contributed by atoms with Gasteiger partial charge in [-0.25, -0.2) is 0 Å². The maximum Gasteiger partial charge on any atom is 0.00998 e. The van der Waals surface area contributed by atoms with E-state index in [2.05, 4.69) is 59.9 Å². The van der Waals surface area contributed by atoms with E-state index in [0.717, 1.165) is 32.5 Å². The third-order valence-corrected chi connectivity index (χ3v) is 4.53. The summed E-state index contributed by atoms with van der Waals surface area (Å²) < 4.78 is 0. The Morgan fingerprint density at radius 3 is 2.18 bits per heavy atom. The number of hydrogen-bond acceptors (Lipinski definition) is 2. The first kappa shape index (κ1) is 16.7. The maximum atomic E-state index is 6.13. The Balaban J connectivity index is 0.000000847. The fourth-order valence-corrected chi connectivity index (χ4v) is 3.18. The smallest absolute Gasteiger partial charge is 0.00998 e. The predicted octanol–water partition coefficient (Wildman–Crippen LogP) is 3.96. The van der Waals surface area contributed by atoms with Gasteiger partial charge in [0.1, 0.15) is 0 Å². The van der Waals surface area contributed by atoms with Crippen molar-refractivity contribution in [2.24, 2.45) is 5.73 Å². The highest BCUT2D eigenvalue weighted by atomic mass is 14.9. The Labute approximate surface area is 134 Å². The molecule has 1 fully saturated rings. The lowest BCUT2D eigenvalue weighted by molar-refractivity contribution is 0.315. The Morgan fingerprint density at radius 2 is 1.55 bits per heavy atom. The summed E-state index contributed by atoms with van der Waals surface area (Å²) in [5.74, 6) is 0. The molecular formula is C20H28N2. The standard InChI is InChI=1S/C18H22N2.C2H6/c19-14-18(9-11-20-12-10-18)17-8-4-7-16(13-17)15-5-2-1-3-6-15;1-2/h1-8,13,20H,9-12,14,19H2;1-2H3. The highest BCUT2D eigenvalue weighted by Crippen LogP contribution is 2.34. The van der Waals surface area contributed by atoms with Crippen molar-refractivity contribution in [1.29, 1.82) is 0 Å². The van der Waals surface area contributed by atoms with Crippen molar-refractivity contribution in [2.75, 3.05) is 19.6 Å². The fraction of sp³-hybridized carbons (Fsp3) is 0.400. The Kier molecular flexibility index (Phi) is 6.17. The van der Waals surface area contributed by atoms with Gasteiger partial charge in [-0.3, -0.25) is 0 Å². The van der Waals surface area contributed by atoms with Crippen LogP contribution in [-0.4, -0.2) is 19.6 Å². The third-order valence-electron chi connectivity index (χ3n) is 4.53. The average Bonchev–Trinajstić information content (AvgIpc) is 2.65. The number of rotatable bonds is 3. The molecule has 0 aliphatic carbocycles. The molecule has 0 spiro atoms. The largest absolute Gasteiger partial charge is 0.330 e. The SMILES string of the molecule is CC.NCC1(c2cccc(-c3ccccc3)c2)CCNCC1. The predicted molar refractivity (Wildman–Crippen MR) is 96.1 cm³/mol. The molecule has 0 atom stereocenters. The van der Waals surface area contributed by atoms with Crippen LogP contribution in [0.15, 0.2) is 54.6 Å². The average molecular weight is 296 g/mol. The molecule has 2 nitrogen and oxygen atoms in total. The Hall–Kier alpha value is -1.64. The molecule has 0 bridgehead atoms. The van der Waals surface area contributed by atoms with Crippen LogP contribution in [0.3, 0.4) is 0 Å². The van der Waals surface area contributed by atoms with E-state index in [1.54, 1.807) is 0 Å². The molecule has 1 aliphatic rings. The van der Waals surface area contributed by atoms with Crippen LogP contribution in [-0.2, 0) is 5.41 Å². The van der Waals surface area contributed by atoms with E-state index in [1.807, 2.05) is 13.8 Å². The van der Waals surface area contributed by atoms with Crippen LogP contribution in [0.1, 0.15) is 32.3 Å². The summed E-state index contributed by atoms with van der Waals surface area (Å²) in [6, 6.07) is 19.5. The molecule has 0 unspecified atom stereocenters. The van der Waals surface area contributed by atoms with E-state index in [1.165, 1.54) is 16.7 Å². The topological polar surface area (TPSA) is 38.0 Å².